The van der Waals surface area contributed by atoms with E-state index >= 15 is 0 Å². The molecule has 1 heterocycles. The van der Waals surface area contributed by atoms with Crippen molar-refractivity contribution in [3.63, 3.8) is 0 Å². The number of rotatable bonds is 4. The van der Waals surface area contributed by atoms with Crippen LogP contribution in [-0.4, -0.2) is 27.4 Å². The molecule has 92 valence electrons. The van der Waals surface area contributed by atoms with E-state index in [2.05, 4.69) is 6.92 Å². The third-order valence-electron chi connectivity index (χ3n) is 2.46. The maximum absolute atomic E-state index is 11.6. The van der Waals surface area contributed by atoms with E-state index in [0.29, 0.717) is 11.5 Å². The highest BCUT2D eigenvalue weighted by molar-refractivity contribution is 7.94. The molecule has 0 aromatic heterocycles. The molecule has 0 fully saturated rings. The fraction of sp³-hybridized carbons (Fsp3) is 0.667. The smallest absolute Gasteiger partial charge is 0.174 e. The van der Waals surface area contributed by atoms with Gasteiger partial charge in [-0.1, -0.05) is 38.5 Å². The van der Waals surface area contributed by atoms with Crippen molar-refractivity contribution in [2.45, 2.75) is 32.8 Å². The van der Waals surface area contributed by atoms with Crippen LogP contribution in [-0.2, 0) is 14.6 Å². The van der Waals surface area contributed by atoms with E-state index < -0.39 is 15.9 Å². The topological polar surface area (TPSA) is 43.4 Å². The highest BCUT2D eigenvalue weighted by Gasteiger charge is 2.26. The van der Waals surface area contributed by atoms with Gasteiger partial charge >= 0.3 is 0 Å². The zero-order chi connectivity index (χ0) is 12.2. The highest BCUT2D eigenvalue weighted by Crippen LogP contribution is 2.23. The van der Waals surface area contributed by atoms with Crippen LogP contribution in [0.4, 0.5) is 0 Å². The number of hydrogen-bond donors (Lipinski definition) is 0. The van der Waals surface area contributed by atoms with Gasteiger partial charge in [-0.2, -0.15) is 0 Å². The molecule has 1 aliphatic rings. The van der Waals surface area contributed by atoms with Crippen LogP contribution in [0.2, 0.25) is 0 Å². The van der Waals surface area contributed by atoms with Gasteiger partial charge < -0.3 is 4.74 Å². The minimum atomic E-state index is -3.16. The summed E-state index contributed by atoms with van der Waals surface area (Å²) in [7, 11) is -3.16. The van der Waals surface area contributed by atoms with Gasteiger partial charge in [0.1, 0.15) is 6.10 Å². The second kappa shape index (κ2) is 5.64. The fourth-order valence-corrected chi connectivity index (χ4v) is 2.68. The molecule has 0 aliphatic carbocycles. The first-order valence-corrected chi connectivity index (χ1v) is 7.54. The number of allylic oxidation sites excluding steroid dienone is 1. The first-order valence-electron chi connectivity index (χ1n) is 5.65. The third kappa shape index (κ3) is 3.76. The summed E-state index contributed by atoms with van der Waals surface area (Å²) in [5.74, 6) is 0.167. The maximum Gasteiger partial charge on any atom is 0.174 e. The van der Waals surface area contributed by atoms with E-state index in [1.165, 1.54) is 6.26 Å². The molecular formula is C12H20O3S. The molecule has 2 unspecified atom stereocenters. The Balaban J connectivity index is 2.88. The Labute approximate surface area is 98.1 Å². The number of unbranched alkanes of at least 4 members (excludes halogenated alkanes) is 1. The largest absolute Gasteiger partial charge is 0.368 e. The highest BCUT2D eigenvalue weighted by atomic mass is 32.2. The first-order chi connectivity index (χ1) is 7.45. The Morgan fingerprint density at radius 1 is 1.56 bits per heavy atom. The fourth-order valence-electron chi connectivity index (χ4n) is 1.63. The average molecular weight is 244 g/mol. The standard InChI is InChI=1S/C12H20O3S/c1-4-5-6-7-11-12(16(3,13)14)8-10(2)9-15-11/h6-8,10-11H,4-5,9H2,1-3H3/b7-6+. The Hall–Kier alpha value is -0.610. The first kappa shape index (κ1) is 13.5. The van der Waals surface area contributed by atoms with Gasteiger partial charge in [0.2, 0.25) is 0 Å². The van der Waals surface area contributed by atoms with Gasteiger partial charge in [0, 0.05) is 6.26 Å². The molecule has 0 aromatic carbocycles. The van der Waals surface area contributed by atoms with Gasteiger partial charge in [-0.25, -0.2) is 8.42 Å². The van der Waals surface area contributed by atoms with Crippen molar-refractivity contribution in [2.24, 2.45) is 5.92 Å². The van der Waals surface area contributed by atoms with Crippen molar-refractivity contribution >= 4 is 9.84 Å². The van der Waals surface area contributed by atoms with Gasteiger partial charge in [0.05, 0.1) is 11.5 Å². The van der Waals surface area contributed by atoms with Gasteiger partial charge in [-0.3, -0.25) is 0 Å². The lowest BCUT2D eigenvalue weighted by Crippen LogP contribution is -2.27. The lowest BCUT2D eigenvalue weighted by atomic mass is 10.1. The molecule has 0 bridgehead atoms. The van der Waals surface area contributed by atoms with Crippen LogP contribution in [0.1, 0.15) is 26.7 Å². The van der Waals surface area contributed by atoms with E-state index in [1.807, 2.05) is 19.1 Å². The zero-order valence-corrected chi connectivity index (χ0v) is 11.0. The summed E-state index contributed by atoms with van der Waals surface area (Å²) in [4.78, 5) is 0.401. The van der Waals surface area contributed by atoms with Crippen LogP contribution in [0, 0.1) is 5.92 Å². The van der Waals surface area contributed by atoms with Gasteiger partial charge in [0.15, 0.2) is 9.84 Å². The molecule has 0 radical (unpaired) electrons. The van der Waals surface area contributed by atoms with Crippen molar-refractivity contribution in [3.05, 3.63) is 23.1 Å². The van der Waals surface area contributed by atoms with Crippen LogP contribution in [0.25, 0.3) is 0 Å². The van der Waals surface area contributed by atoms with Gasteiger partial charge in [-0.15, -0.1) is 0 Å². The van der Waals surface area contributed by atoms with Crippen molar-refractivity contribution in [3.8, 4) is 0 Å². The molecule has 0 N–H and O–H groups in total. The molecule has 4 heteroatoms. The Kier molecular flexibility index (Phi) is 4.74. The monoisotopic (exact) mass is 244 g/mol. The summed E-state index contributed by atoms with van der Waals surface area (Å²) in [6.45, 7) is 4.62. The molecule has 0 saturated carbocycles. The second-order valence-electron chi connectivity index (χ2n) is 4.29. The van der Waals surface area contributed by atoms with Crippen molar-refractivity contribution < 1.29 is 13.2 Å². The summed E-state index contributed by atoms with van der Waals surface area (Å²) in [6, 6.07) is 0. The lowest BCUT2D eigenvalue weighted by Gasteiger charge is -2.24. The van der Waals surface area contributed by atoms with Crippen molar-refractivity contribution in [2.75, 3.05) is 12.9 Å². The predicted molar refractivity (Wildman–Crippen MR) is 65.9 cm³/mol. The average Bonchev–Trinajstić information content (AvgIpc) is 2.19. The molecule has 0 saturated heterocycles. The minimum Gasteiger partial charge on any atom is -0.368 e. The molecule has 2 atom stereocenters. The van der Waals surface area contributed by atoms with E-state index in [4.69, 9.17) is 4.74 Å². The Morgan fingerprint density at radius 2 is 2.25 bits per heavy atom. The quantitative estimate of drug-likeness (QED) is 0.713. The Bertz CT molecular complexity index is 379. The molecule has 16 heavy (non-hydrogen) atoms. The summed E-state index contributed by atoms with van der Waals surface area (Å²) in [5.41, 5.74) is 0. The van der Waals surface area contributed by atoms with Gasteiger partial charge in [-0.05, 0) is 12.3 Å². The summed E-state index contributed by atoms with van der Waals surface area (Å²) in [6.07, 6.45) is 8.49. The van der Waals surface area contributed by atoms with Crippen LogP contribution in [0.15, 0.2) is 23.1 Å². The molecular weight excluding hydrogens is 224 g/mol. The molecule has 3 nitrogen and oxygen atoms in total. The van der Waals surface area contributed by atoms with E-state index in [1.54, 1.807) is 6.08 Å². The lowest BCUT2D eigenvalue weighted by molar-refractivity contribution is 0.0837. The van der Waals surface area contributed by atoms with Crippen molar-refractivity contribution in [1.29, 1.82) is 0 Å². The SMILES string of the molecule is CCC/C=C/C1OCC(C)C=C1S(C)(=O)=O. The van der Waals surface area contributed by atoms with Crippen LogP contribution < -0.4 is 0 Å². The summed E-state index contributed by atoms with van der Waals surface area (Å²) < 4.78 is 28.7. The summed E-state index contributed by atoms with van der Waals surface area (Å²) >= 11 is 0. The van der Waals surface area contributed by atoms with Crippen molar-refractivity contribution in [1.82, 2.24) is 0 Å². The normalized spacial score (nSPS) is 27.1. The number of hydrogen-bond acceptors (Lipinski definition) is 3. The molecule has 1 rings (SSSR count). The number of ether oxygens (including phenoxy) is 1. The summed E-state index contributed by atoms with van der Waals surface area (Å²) in [5, 5.41) is 0. The zero-order valence-electron chi connectivity index (χ0n) is 10.1. The third-order valence-corrected chi connectivity index (χ3v) is 3.69. The minimum absolute atomic E-state index is 0.167. The molecule has 1 aliphatic heterocycles. The van der Waals surface area contributed by atoms with Crippen LogP contribution in [0.3, 0.4) is 0 Å². The van der Waals surface area contributed by atoms with Crippen LogP contribution >= 0.6 is 0 Å². The van der Waals surface area contributed by atoms with E-state index in [9.17, 15) is 8.42 Å². The predicted octanol–water partition coefficient (Wildman–Crippen LogP) is 2.31. The van der Waals surface area contributed by atoms with Gasteiger partial charge in [0.25, 0.3) is 0 Å². The second-order valence-corrected chi connectivity index (χ2v) is 6.30. The van der Waals surface area contributed by atoms with Crippen LogP contribution in [0.5, 0.6) is 0 Å². The molecule has 0 spiro atoms. The Morgan fingerprint density at radius 3 is 2.81 bits per heavy atom. The number of sulfone groups is 1. The van der Waals surface area contributed by atoms with E-state index in [-0.39, 0.29) is 5.92 Å². The maximum atomic E-state index is 11.6. The van der Waals surface area contributed by atoms with E-state index in [0.717, 1.165) is 12.8 Å². The molecule has 0 amide bonds. The molecule has 0 aromatic rings.